The van der Waals surface area contributed by atoms with Gasteiger partial charge >= 0.3 is 0 Å². The molecule has 4 fully saturated rings. The number of benzene rings is 2. The number of allylic oxidation sites excluding steroid dienone is 4. The number of imide groups is 1. The predicted octanol–water partition coefficient (Wildman–Crippen LogP) is 3.78. The van der Waals surface area contributed by atoms with Crippen molar-refractivity contribution in [3.8, 4) is 0 Å². The lowest BCUT2D eigenvalue weighted by Crippen LogP contribution is -2.63. The summed E-state index contributed by atoms with van der Waals surface area (Å²) in [5.41, 5.74) is 1.41. The van der Waals surface area contributed by atoms with Gasteiger partial charge in [-0.1, -0.05) is 75.7 Å². The maximum Gasteiger partial charge on any atom is 0.253 e. The second kappa shape index (κ2) is 17.6. The maximum absolute atomic E-state index is 14.0. The molecule has 5 amide bonds. The van der Waals surface area contributed by atoms with Gasteiger partial charge in [-0.15, -0.1) is 0 Å². The number of amides is 5. The summed E-state index contributed by atoms with van der Waals surface area (Å²) in [6.07, 6.45) is 7.97. The highest BCUT2D eigenvalue weighted by atomic mass is 16.7. The van der Waals surface area contributed by atoms with Crippen LogP contribution in [0.1, 0.15) is 89.7 Å². The number of rotatable bonds is 14. The van der Waals surface area contributed by atoms with Gasteiger partial charge in [0.25, 0.3) is 11.8 Å². The highest BCUT2D eigenvalue weighted by Gasteiger charge is 2.76. The maximum atomic E-state index is 14.0. The number of anilines is 1. The summed E-state index contributed by atoms with van der Waals surface area (Å²) in [7, 11) is 0. The molecule has 1 unspecified atom stereocenters. The van der Waals surface area contributed by atoms with E-state index < -0.39 is 88.9 Å². The van der Waals surface area contributed by atoms with Crippen LogP contribution in [0.3, 0.4) is 0 Å². The zero-order valence-corrected chi connectivity index (χ0v) is 37.4. The molecule has 2 aromatic rings. The fourth-order valence-corrected chi connectivity index (χ4v) is 11.9. The van der Waals surface area contributed by atoms with Crippen LogP contribution in [0.15, 0.2) is 84.5 Å². The first-order chi connectivity index (χ1) is 30.9. The Bertz CT molecular complexity index is 2370. The van der Waals surface area contributed by atoms with Crippen molar-refractivity contribution in [2.75, 3.05) is 18.5 Å². The summed E-state index contributed by atoms with van der Waals surface area (Å²) < 4.78 is 13.4. The van der Waals surface area contributed by atoms with Crippen molar-refractivity contribution in [3.05, 3.63) is 101 Å². The first-order valence-electron chi connectivity index (χ1n) is 22.6. The average molecular weight is 891 g/mol. The van der Waals surface area contributed by atoms with E-state index in [9.17, 15) is 43.8 Å². The van der Waals surface area contributed by atoms with Gasteiger partial charge in [0.05, 0.1) is 12.2 Å². The minimum Gasteiger partial charge on any atom is -0.393 e. The monoisotopic (exact) mass is 890 g/mol. The topological polar surface area (TPSA) is 218 Å². The zero-order valence-electron chi connectivity index (χ0n) is 37.4. The molecule has 15 nitrogen and oxygen atoms in total. The van der Waals surface area contributed by atoms with E-state index >= 15 is 0 Å². The van der Waals surface area contributed by atoms with Crippen molar-refractivity contribution >= 4 is 46.8 Å². The molecule has 2 heterocycles. The van der Waals surface area contributed by atoms with Crippen LogP contribution in [0.4, 0.5) is 5.69 Å². The first-order valence-corrected chi connectivity index (χ1v) is 22.6. The molecule has 4 aliphatic carbocycles. The number of fused-ring (bicyclic) bond motifs is 7. The number of nitrogens with one attached hydrogen (secondary N) is 3. The Morgan fingerprint density at radius 1 is 0.923 bits per heavy atom. The van der Waals surface area contributed by atoms with Crippen molar-refractivity contribution in [2.24, 2.45) is 34.5 Å². The van der Waals surface area contributed by atoms with Gasteiger partial charge in [0.15, 0.2) is 23.5 Å². The summed E-state index contributed by atoms with van der Waals surface area (Å²) in [6, 6.07) is 13.1. The molecular formula is C50H58N4O11. The molecule has 5 N–H and O–H groups in total. The van der Waals surface area contributed by atoms with Crippen LogP contribution in [-0.4, -0.2) is 99.3 Å². The van der Waals surface area contributed by atoms with E-state index in [1.165, 1.54) is 6.92 Å². The largest absolute Gasteiger partial charge is 0.393 e. The Morgan fingerprint density at radius 2 is 1.65 bits per heavy atom. The van der Waals surface area contributed by atoms with Crippen molar-refractivity contribution in [1.29, 1.82) is 0 Å². The summed E-state index contributed by atoms with van der Waals surface area (Å²) in [6.45, 7) is 8.32. The lowest BCUT2D eigenvalue weighted by atomic mass is 9.46. The second-order valence-electron chi connectivity index (χ2n) is 19.4. The van der Waals surface area contributed by atoms with Crippen LogP contribution in [-0.2, 0) is 49.5 Å². The first kappa shape index (κ1) is 45.9. The molecule has 0 spiro atoms. The SMILES string of the molecule is CC(C)C(NC(=O)CCN1C(=O)C=CC1=O)C(=O)N[C@@H](C)C(=O)Nc1cccc(Cc2ccc([C@@H]3O[C@@H]4C[C@H]5[C@@H]6CCC7=CC(=O)C=C[C@]7(C)[C@H]6[C@@H](O)C[C@]5(C)[C@]4(C(=O)CO)O3)cc2)c1. The molecule has 11 atom stereocenters. The molecule has 0 aromatic heterocycles. The number of carbonyl (C=O) groups is 7. The molecular weight excluding hydrogens is 833 g/mol. The third-order valence-corrected chi connectivity index (χ3v) is 15.1. The molecule has 15 heteroatoms. The van der Waals surface area contributed by atoms with Crippen LogP contribution in [0.2, 0.25) is 0 Å². The standard InChI is InChI=1S/C50H58N4O11/c1-27(2)44(53-40(59)18-20-54-41(60)15-16-42(54)61)46(63)51-28(3)45(62)52-33-8-6-7-30(22-33)21-29-9-11-31(12-10-29)47-64-39-24-36-35-14-13-32-23-34(56)17-19-48(32,4)43(35)37(57)25-49(36,5)50(39,65-47)38(58)26-55/h6-12,15-17,19,22-23,27-28,35-37,39,43-44,47,55,57H,13-14,18,20-21,24-26H2,1-5H3,(H,51,63)(H,52,62)(H,53,59)/t28-,35-,36-,37-,39+,43+,44?,47+,48-,49-,50+/m0/s1. The predicted molar refractivity (Wildman–Crippen MR) is 236 cm³/mol. The highest BCUT2D eigenvalue weighted by molar-refractivity contribution is 6.13. The van der Waals surface area contributed by atoms with Crippen LogP contribution >= 0.6 is 0 Å². The van der Waals surface area contributed by atoms with E-state index in [1.807, 2.05) is 55.5 Å². The molecule has 2 aliphatic heterocycles. The van der Waals surface area contributed by atoms with E-state index in [1.54, 1.807) is 32.1 Å². The minimum absolute atomic E-state index is 0.0120. The number of ketones is 2. The molecule has 2 aromatic carbocycles. The van der Waals surface area contributed by atoms with Gasteiger partial charge in [-0.2, -0.15) is 0 Å². The number of nitrogens with zero attached hydrogens (tertiary/aromatic N) is 1. The lowest BCUT2D eigenvalue weighted by Gasteiger charge is -2.59. The van der Waals surface area contributed by atoms with Crippen molar-refractivity contribution < 1.29 is 53.2 Å². The zero-order chi connectivity index (χ0) is 46.6. The summed E-state index contributed by atoms with van der Waals surface area (Å²) >= 11 is 0. The van der Waals surface area contributed by atoms with Crippen LogP contribution < -0.4 is 16.0 Å². The number of aliphatic hydroxyl groups excluding tert-OH is 2. The Morgan fingerprint density at radius 3 is 2.34 bits per heavy atom. The number of ether oxygens (including phenoxy) is 2. The summed E-state index contributed by atoms with van der Waals surface area (Å²) in [5.74, 6) is -3.42. The minimum atomic E-state index is -1.45. The van der Waals surface area contributed by atoms with Gasteiger partial charge in [0.2, 0.25) is 17.7 Å². The molecule has 0 bridgehead atoms. The van der Waals surface area contributed by atoms with E-state index in [-0.39, 0.29) is 42.4 Å². The molecule has 344 valence electrons. The Labute approximate surface area is 378 Å². The van der Waals surface area contributed by atoms with Crippen LogP contribution in [0.5, 0.6) is 0 Å². The average Bonchev–Trinajstić information content (AvgIpc) is 3.89. The van der Waals surface area contributed by atoms with Gasteiger partial charge in [-0.3, -0.25) is 38.5 Å². The normalized spacial score (nSPS) is 32.0. The third kappa shape index (κ3) is 8.21. The lowest BCUT2D eigenvalue weighted by molar-refractivity contribution is -0.201. The van der Waals surface area contributed by atoms with Crippen molar-refractivity contribution in [2.45, 2.75) is 109 Å². The fraction of sp³-hybridized carbons (Fsp3) is 0.500. The van der Waals surface area contributed by atoms with Crippen molar-refractivity contribution in [1.82, 2.24) is 15.5 Å². The molecule has 0 radical (unpaired) electrons. The van der Waals surface area contributed by atoms with E-state index in [4.69, 9.17) is 9.47 Å². The second-order valence-corrected chi connectivity index (χ2v) is 19.4. The molecule has 65 heavy (non-hydrogen) atoms. The number of hydrogen-bond acceptors (Lipinski definition) is 11. The van der Waals surface area contributed by atoms with Crippen LogP contribution in [0, 0.1) is 34.5 Å². The van der Waals surface area contributed by atoms with E-state index in [0.29, 0.717) is 30.5 Å². The molecule has 1 saturated heterocycles. The molecule has 3 saturated carbocycles. The van der Waals surface area contributed by atoms with Gasteiger partial charge < -0.3 is 35.6 Å². The van der Waals surface area contributed by atoms with Gasteiger partial charge in [-0.05, 0) is 92.2 Å². The van der Waals surface area contributed by atoms with Crippen molar-refractivity contribution in [3.63, 3.8) is 0 Å². The summed E-state index contributed by atoms with van der Waals surface area (Å²) in [4.78, 5) is 90.0. The quantitative estimate of drug-likeness (QED) is 0.172. The number of Topliss-reactive ketones (excluding diaryl/α,β-unsaturated/α-hetero) is 1. The molecule has 6 aliphatic rings. The number of hydrogen-bond donors (Lipinski definition) is 5. The Kier molecular flexibility index (Phi) is 12.5. The number of carbonyl (C=O) groups excluding carboxylic acids is 7. The van der Waals surface area contributed by atoms with Crippen LogP contribution in [0.25, 0.3) is 0 Å². The Balaban J connectivity index is 0.878. The van der Waals surface area contributed by atoms with E-state index in [0.717, 1.165) is 46.6 Å². The fourth-order valence-electron chi connectivity index (χ4n) is 11.9. The molecule has 8 rings (SSSR count). The number of aliphatic hydroxyl groups is 2. The summed E-state index contributed by atoms with van der Waals surface area (Å²) in [5, 5.41) is 30.5. The Hall–Kier alpha value is -5.61. The van der Waals surface area contributed by atoms with Gasteiger partial charge in [-0.25, -0.2) is 0 Å². The van der Waals surface area contributed by atoms with Gasteiger partial charge in [0.1, 0.15) is 18.7 Å². The van der Waals surface area contributed by atoms with Gasteiger partial charge in [0, 0.05) is 53.1 Å². The highest BCUT2D eigenvalue weighted by Crippen LogP contribution is 2.70. The van der Waals surface area contributed by atoms with E-state index in [2.05, 4.69) is 22.9 Å². The third-order valence-electron chi connectivity index (χ3n) is 15.1. The smallest absolute Gasteiger partial charge is 0.253 e.